The first-order chi connectivity index (χ1) is 12.6. The number of aromatic nitrogens is 3. The minimum atomic E-state index is -0.409. The highest BCUT2D eigenvalue weighted by Crippen LogP contribution is 2.11. The predicted molar refractivity (Wildman–Crippen MR) is 93.6 cm³/mol. The molecule has 0 aliphatic carbocycles. The van der Waals surface area contributed by atoms with Crippen LogP contribution < -0.4 is 10.2 Å². The number of carbonyl (C=O) groups is 1. The molecule has 0 bridgehead atoms. The van der Waals surface area contributed by atoms with Gasteiger partial charge in [-0.2, -0.15) is 10.2 Å². The fraction of sp³-hybridized carbons (Fsp3) is 0.111. The quantitative estimate of drug-likeness (QED) is 0.545. The maximum absolute atomic E-state index is 12.8. The van der Waals surface area contributed by atoms with Crippen LogP contribution in [0.15, 0.2) is 66.3 Å². The van der Waals surface area contributed by atoms with E-state index in [4.69, 9.17) is 4.74 Å². The van der Waals surface area contributed by atoms with Crippen molar-refractivity contribution < 1.29 is 13.9 Å². The topological polar surface area (TPSA) is 81.4 Å². The molecule has 0 spiro atoms. The maximum Gasteiger partial charge on any atom is 0.277 e. The van der Waals surface area contributed by atoms with E-state index < -0.39 is 5.91 Å². The lowest BCUT2D eigenvalue weighted by molar-refractivity contribution is -0.123. The molecule has 0 aliphatic heterocycles. The van der Waals surface area contributed by atoms with Crippen LogP contribution in [0.3, 0.4) is 0 Å². The molecule has 8 heteroatoms. The molecule has 0 atom stereocenters. The summed E-state index contributed by atoms with van der Waals surface area (Å²) in [6.45, 7) is 1.57. The first-order valence-electron chi connectivity index (χ1n) is 7.79. The Balaban J connectivity index is 1.54. The van der Waals surface area contributed by atoms with Crippen molar-refractivity contribution in [3.63, 3.8) is 0 Å². The summed E-state index contributed by atoms with van der Waals surface area (Å²) in [6, 6.07) is 12.9. The van der Waals surface area contributed by atoms with Crippen LogP contribution in [0.1, 0.15) is 12.5 Å². The van der Waals surface area contributed by atoms with Gasteiger partial charge in [-0.1, -0.05) is 12.1 Å². The average molecular weight is 353 g/mol. The molecule has 0 unspecified atom stereocenters. The minimum absolute atomic E-state index is 0.215. The fourth-order valence-electron chi connectivity index (χ4n) is 2.12. The number of nitrogens with zero attached hydrogens (tertiary/aromatic N) is 4. The molecule has 0 saturated carbocycles. The lowest BCUT2D eigenvalue weighted by atomic mass is 10.1. The number of carbonyl (C=O) groups excluding carboxylic acids is 1. The SMILES string of the molecule is C/C(=N\NC(=O)COc1ccc(F)cc1)c1ccc(-n2cncn2)cc1. The van der Waals surface area contributed by atoms with Gasteiger partial charge in [-0.25, -0.2) is 19.5 Å². The molecule has 7 nitrogen and oxygen atoms in total. The molecule has 1 aromatic heterocycles. The van der Waals surface area contributed by atoms with Crippen LogP contribution in [-0.4, -0.2) is 33.0 Å². The van der Waals surface area contributed by atoms with Crippen LogP contribution in [0.5, 0.6) is 5.75 Å². The van der Waals surface area contributed by atoms with Crippen molar-refractivity contribution in [3.05, 3.63) is 72.6 Å². The zero-order valence-corrected chi connectivity index (χ0v) is 14.0. The number of halogens is 1. The Labute approximate surface area is 149 Å². The zero-order chi connectivity index (χ0) is 18.4. The minimum Gasteiger partial charge on any atom is -0.484 e. The van der Waals surface area contributed by atoms with Gasteiger partial charge in [0.05, 0.1) is 11.4 Å². The molecule has 0 radical (unpaired) electrons. The number of hydrazone groups is 1. The van der Waals surface area contributed by atoms with Gasteiger partial charge in [0.2, 0.25) is 0 Å². The van der Waals surface area contributed by atoms with E-state index in [0.717, 1.165) is 11.3 Å². The lowest BCUT2D eigenvalue weighted by Gasteiger charge is -2.06. The van der Waals surface area contributed by atoms with E-state index in [0.29, 0.717) is 11.5 Å². The van der Waals surface area contributed by atoms with Gasteiger partial charge in [-0.3, -0.25) is 4.79 Å². The Morgan fingerprint density at radius 3 is 2.58 bits per heavy atom. The Morgan fingerprint density at radius 2 is 1.92 bits per heavy atom. The van der Waals surface area contributed by atoms with Gasteiger partial charge in [0, 0.05) is 0 Å². The van der Waals surface area contributed by atoms with Crippen molar-refractivity contribution in [2.75, 3.05) is 6.61 Å². The van der Waals surface area contributed by atoms with Crippen LogP contribution in [0.25, 0.3) is 5.69 Å². The van der Waals surface area contributed by atoms with Gasteiger partial charge in [-0.05, 0) is 48.9 Å². The number of rotatable bonds is 6. The highest BCUT2D eigenvalue weighted by atomic mass is 19.1. The Bertz CT molecular complexity index is 890. The van der Waals surface area contributed by atoms with Crippen molar-refractivity contribution in [2.24, 2.45) is 5.10 Å². The van der Waals surface area contributed by atoms with Gasteiger partial charge in [0.25, 0.3) is 5.91 Å². The number of hydrogen-bond acceptors (Lipinski definition) is 5. The molecule has 1 heterocycles. The van der Waals surface area contributed by atoms with Gasteiger partial charge in [0.15, 0.2) is 6.61 Å². The molecule has 0 aliphatic rings. The van der Waals surface area contributed by atoms with Gasteiger partial charge in [0.1, 0.15) is 24.2 Å². The molecular weight excluding hydrogens is 337 g/mol. The van der Waals surface area contributed by atoms with Crippen molar-refractivity contribution >= 4 is 11.6 Å². The first kappa shape index (κ1) is 17.3. The predicted octanol–water partition coefficient (Wildman–Crippen LogP) is 2.33. The molecule has 3 rings (SSSR count). The van der Waals surface area contributed by atoms with E-state index in [2.05, 4.69) is 20.6 Å². The zero-order valence-electron chi connectivity index (χ0n) is 14.0. The molecule has 1 N–H and O–H groups in total. The summed E-state index contributed by atoms with van der Waals surface area (Å²) in [5.41, 5.74) is 4.80. The monoisotopic (exact) mass is 353 g/mol. The highest BCUT2D eigenvalue weighted by molar-refractivity contribution is 5.99. The smallest absolute Gasteiger partial charge is 0.277 e. The molecule has 1 amide bonds. The summed E-state index contributed by atoms with van der Waals surface area (Å²) >= 11 is 0. The van der Waals surface area contributed by atoms with Crippen LogP contribution in [0, 0.1) is 5.82 Å². The lowest BCUT2D eigenvalue weighted by Crippen LogP contribution is -2.25. The first-order valence-corrected chi connectivity index (χ1v) is 7.79. The van der Waals surface area contributed by atoms with Gasteiger partial charge in [-0.15, -0.1) is 0 Å². The second-order valence-corrected chi connectivity index (χ2v) is 5.36. The standard InChI is InChI=1S/C18H16FN5O2/c1-13(14-2-6-16(7-3-14)24-12-20-11-21-24)22-23-18(25)10-26-17-8-4-15(19)5-9-17/h2-9,11-12H,10H2,1H3,(H,23,25)/b22-13+. The second kappa shape index (κ2) is 8.02. The summed E-state index contributed by atoms with van der Waals surface area (Å²) in [4.78, 5) is 15.7. The third-order valence-corrected chi connectivity index (χ3v) is 3.50. The summed E-state index contributed by atoms with van der Waals surface area (Å²) in [6.07, 6.45) is 3.07. The molecule has 2 aromatic carbocycles. The third kappa shape index (κ3) is 4.50. The van der Waals surface area contributed by atoms with Crippen molar-refractivity contribution in [3.8, 4) is 11.4 Å². The molecule has 3 aromatic rings. The van der Waals surface area contributed by atoms with E-state index in [1.807, 2.05) is 24.3 Å². The van der Waals surface area contributed by atoms with E-state index in [9.17, 15) is 9.18 Å². The summed E-state index contributed by atoms with van der Waals surface area (Å²) < 4.78 is 19.7. The number of ether oxygens (including phenoxy) is 1. The summed E-state index contributed by atoms with van der Waals surface area (Å²) in [5, 5.41) is 8.11. The van der Waals surface area contributed by atoms with Crippen LogP contribution in [0.4, 0.5) is 4.39 Å². The van der Waals surface area contributed by atoms with Crippen LogP contribution in [0.2, 0.25) is 0 Å². The molecular formula is C18H16FN5O2. The average Bonchev–Trinajstić information content (AvgIpc) is 3.20. The van der Waals surface area contributed by atoms with E-state index in [1.165, 1.54) is 30.6 Å². The fourth-order valence-corrected chi connectivity index (χ4v) is 2.12. The van der Waals surface area contributed by atoms with Gasteiger partial charge >= 0.3 is 0 Å². The third-order valence-electron chi connectivity index (χ3n) is 3.50. The highest BCUT2D eigenvalue weighted by Gasteiger charge is 2.04. The van der Waals surface area contributed by atoms with Crippen molar-refractivity contribution in [1.29, 1.82) is 0 Å². The summed E-state index contributed by atoms with van der Waals surface area (Å²) in [7, 11) is 0. The van der Waals surface area contributed by atoms with Gasteiger partial charge < -0.3 is 4.74 Å². The summed E-state index contributed by atoms with van der Waals surface area (Å²) in [5.74, 6) is -0.365. The Morgan fingerprint density at radius 1 is 1.19 bits per heavy atom. The molecule has 0 fully saturated rings. The van der Waals surface area contributed by atoms with Crippen LogP contribution >= 0.6 is 0 Å². The van der Waals surface area contributed by atoms with E-state index in [-0.39, 0.29) is 12.4 Å². The molecule has 0 saturated heterocycles. The maximum atomic E-state index is 12.8. The Kier molecular flexibility index (Phi) is 5.33. The number of nitrogens with one attached hydrogen (secondary N) is 1. The Hall–Kier alpha value is -3.55. The molecule has 26 heavy (non-hydrogen) atoms. The largest absolute Gasteiger partial charge is 0.484 e. The van der Waals surface area contributed by atoms with Crippen LogP contribution in [-0.2, 0) is 4.79 Å². The number of amides is 1. The van der Waals surface area contributed by atoms with Crippen molar-refractivity contribution in [2.45, 2.75) is 6.92 Å². The second-order valence-electron chi connectivity index (χ2n) is 5.36. The van der Waals surface area contributed by atoms with Crippen molar-refractivity contribution in [1.82, 2.24) is 20.2 Å². The number of hydrogen-bond donors (Lipinski definition) is 1. The van der Waals surface area contributed by atoms with E-state index >= 15 is 0 Å². The number of benzene rings is 2. The molecule has 132 valence electrons. The normalized spacial score (nSPS) is 11.2. The van der Waals surface area contributed by atoms with E-state index in [1.54, 1.807) is 17.9 Å².